The Bertz CT molecular complexity index is 2290. The number of benzene rings is 3. The number of hydrogen-bond donors (Lipinski definition) is 1. The zero-order chi connectivity index (χ0) is 34.0. The SMILES string of the molecule is Fc1ccc(-c2nc3n(c2-c2ccnc(F)c2)CCS3)cc1.Fc1ccc(-c2nc3n(c2-c2ccnc(Nc4ccccc4)c2)CCS3)cc1. The van der Waals surface area contributed by atoms with Crippen LogP contribution in [0.3, 0.4) is 0 Å². The number of imidazole rings is 2. The number of thioether (sulfide) groups is 2. The van der Waals surface area contributed by atoms with E-state index in [4.69, 9.17) is 4.98 Å². The van der Waals surface area contributed by atoms with Crippen molar-refractivity contribution in [3.8, 4) is 45.0 Å². The minimum absolute atomic E-state index is 0.246. The van der Waals surface area contributed by atoms with Crippen LogP contribution in [0.1, 0.15) is 0 Å². The molecule has 3 aromatic carbocycles. The summed E-state index contributed by atoms with van der Waals surface area (Å²) in [5.74, 6) is 1.68. The molecule has 248 valence electrons. The van der Waals surface area contributed by atoms with Gasteiger partial charge >= 0.3 is 0 Å². The van der Waals surface area contributed by atoms with E-state index in [2.05, 4.69) is 29.4 Å². The highest BCUT2D eigenvalue weighted by Crippen LogP contribution is 2.40. The van der Waals surface area contributed by atoms with Crippen molar-refractivity contribution in [2.75, 3.05) is 16.8 Å². The number of hydrogen-bond acceptors (Lipinski definition) is 7. The summed E-state index contributed by atoms with van der Waals surface area (Å²) >= 11 is 3.42. The van der Waals surface area contributed by atoms with Crippen LogP contribution >= 0.6 is 23.5 Å². The normalized spacial score (nSPS) is 13.0. The molecule has 0 saturated heterocycles. The summed E-state index contributed by atoms with van der Waals surface area (Å²) in [5, 5.41) is 5.26. The molecule has 2 aliphatic rings. The number of anilines is 2. The fourth-order valence-electron chi connectivity index (χ4n) is 6.03. The standard InChI is InChI=1S/C22H17FN4S.C16H11F2N3S/c23-17-8-6-15(7-9-17)20-21(27-12-13-28-22(27)26-20)16-10-11-24-19(14-16)25-18-4-2-1-3-5-18;17-12-3-1-10(2-4-12)14-15(11-5-6-19-13(18)9-11)21-7-8-22-16(21)20-14/h1-11,14H,12-13H2,(H,24,25);1-6,9H,7-8H2. The summed E-state index contributed by atoms with van der Waals surface area (Å²) in [6.45, 7) is 1.74. The predicted molar refractivity (Wildman–Crippen MR) is 193 cm³/mol. The van der Waals surface area contributed by atoms with E-state index in [9.17, 15) is 13.2 Å². The minimum Gasteiger partial charge on any atom is -0.340 e. The topological polar surface area (TPSA) is 73.5 Å². The Hall–Kier alpha value is -5.33. The van der Waals surface area contributed by atoms with E-state index in [0.717, 1.165) is 91.4 Å². The summed E-state index contributed by atoms with van der Waals surface area (Å²) < 4.78 is 44.4. The Morgan fingerprint density at radius 2 is 1.08 bits per heavy atom. The van der Waals surface area contributed by atoms with Crippen molar-refractivity contribution in [2.45, 2.75) is 23.4 Å². The number of pyridine rings is 2. The maximum atomic E-state index is 13.5. The minimum atomic E-state index is -0.524. The number of nitrogens with zero attached hydrogens (tertiary/aromatic N) is 6. The van der Waals surface area contributed by atoms with Gasteiger partial charge in [0.15, 0.2) is 10.3 Å². The molecule has 12 heteroatoms. The average molecular weight is 704 g/mol. The second-order valence-electron chi connectivity index (χ2n) is 11.5. The van der Waals surface area contributed by atoms with E-state index in [-0.39, 0.29) is 11.6 Å². The summed E-state index contributed by atoms with van der Waals surface area (Å²) in [4.78, 5) is 17.6. The third-order valence-electron chi connectivity index (χ3n) is 8.27. The number of nitrogens with one attached hydrogen (secondary N) is 1. The molecule has 6 heterocycles. The van der Waals surface area contributed by atoms with Crippen molar-refractivity contribution in [3.63, 3.8) is 0 Å². The van der Waals surface area contributed by atoms with Crippen molar-refractivity contribution in [1.82, 2.24) is 29.1 Å². The van der Waals surface area contributed by atoms with Crippen LogP contribution in [0.5, 0.6) is 0 Å². The van der Waals surface area contributed by atoms with E-state index in [1.54, 1.807) is 60.1 Å². The molecule has 0 aliphatic carbocycles. The molecule has 7 nitrogen and oxygen atoms in total. The molecule has 2 aliphatic heterocycles. The average Bonchev–Trinajstić information content (AvgIpc) is 3.92. The third kappa shape index (κ3) is 6.51. The van der Waals surface area contributed by atoms with E-state index in [1.165, 1.54) is 36.5 Å². The van der Waals surface area contributed by atoms with Gasteiger partial charge in [-0.15, -0.1) is 0 Å². The lowest BCUT2D eigenvalue weighted by Gasteiger charge is -2.11. The van der Waals surface area contributed by atoms with Gasteiger partial charge in [-0.3, -0.25) is 0 Å². The molecule has 0 unspecified atom stereocenters. The Morgan fingerprint density at radius 1 is 0.560 bits per heavy atom. The van der Waals surface area contributed by atoms with Crippen LogP contribution in [0.25, 0.3) is 45.0 Å². The molecule has 0 atom stereocenters. The Labute approximate surface area is 294 Å². The first kappa shape index (κ1) is 31.9. The molecule has 4 aromatic heterocycles. The van der Waals surface area contributed by atoms with Gasteiger partial charge in [-0.05, 0) is 78.9 Å². The van der Waals surface area contributed by atoms with Crippen molar-refractivity contribution in [1.29, 1.82) is 0 Å². The lowest BCUT2D eigenvalue weighted by atomic mass is 10.1. The Balaban J connectivity index is 0.000000149. The molecule has 0 radical (unpaired) electrons. The third-order valence-corrected chi connectivity index (χ3v) is 10.2. The van der Waals surface area contributed by atoms with Gasteiger partial charge in [0.2, 0.25) is 5.95 Å². The molecule has 50 heavy (non-hydrogen) atoms. The van der Waals surface area contributed by atoms with Crippen LogP contribution in [-0.2, 0) is 13.1 Å². The summed E-state index contributed by atoms with van der Waals surface area (Å²) in [6.07, 6.45) is 3.25. The van der Waals surface area contributed by atoms with Crippen LogP contribution in [0, 0.1) is 17.6 Å². The zero-order valence-corrected chi connectivity index (χ0v) is 28.1. The van der Waals surface area contributed by atoms with Crippen LogP contribution in [-0.4, -0.2) is 40.6 Å². The first-order valence-corrected chi connectivity index (χ1v) is 17.9. The van der Waals surface area contributed by atoms with E-state index in [1.807, 2.05) is 42.5 Å². The number of aromatic nitrogens is 6. The zero-order valence-electron chi connectivity index (χ0n) is 26.4. The molecule has 7 aromatic rings. The first-order chi connectivity index (χ1) is 24.5. The molecule has 0 bridgehead atoms. The largest absolute Gasteiger partial charge is 0.340 e. The molecular formula is C38H28F3N7S2. The molecule has 9 rings (SSSR count). The van der Waals surface area contributed by atoms with Gasteiger partial charge in [-0.2, -0.15) is 4.39 Å². The monoisotopic (exact) mass is 703 g/mol. The predicted octanol–water partition coefficient (Wildman–Crippen LogP) is 9.60. The van der Waals surface area contributed by atoms with Crippen molar-refractivity contribution >= 4 is 35.0 Å². The van der Waals surface area contributed by atoms with Crippen molar-refractivity contribution in [2.24, 2.45) is 0 Å². The number of para-hydroxylation sites is 1. The Morgan fingerprint density at radius 3 is 1.62 bits per heavy atom. The number of rotatable bonds is 6. The van der Waals surface area contributed by atoms with Crippen molar-refractivity contribution in [3.05, 3.63) is 133 Å². The molecule has 0 amide bonds. The second-order valence-corrected chi connectivity index (χ2v) is 13.6. The number of halogens is 3. The van der Waals surface area contributed by atoms with Crippen LogP contribution in [0.2, 0.25) is 0 Å². The lowest BCUT2D eigenvalue weighted by Crippen LogP contribution is -1.99. The van der Waals surface area contributed by atoms with Gasteiger partial charge in [-0.25, -0.2) is 28.7 Å². The smallest absolute Gasteiger partial charge is 0.213 e. The van der Waals surface area contributed by atoms with Crippen LogP contribution < -0.4 is 5.32 Å². The maximum Gasteiger partial charge on any atom is 0.213 e. The summed E-state index contributed by atoms with van der Waals surface area (Å²) in [6, 6.07) is 29.9. The highest BCUT2D eigenvalue weighted by atomic mass is 32.2. The van der Waals surface area contributed by atoms with E-state index in [0.29, 0.717) is 0 Å². The molecule has 0 saturated carbocycles. The summed E-state index contributed by atoms with van der Waals surface area (Å²) in [5.41, 5.74) is 8.00. The molecule has 0 fully saturated rings. The Kier molecular flexibility index (Phi) is 8.86. The van der Waals surface area contributed by atoms with Crippen LogP contribution in [0.15, 0.2) is 126 Å². The van der Waals surface area contributed by atoms with E-state index >= 15 is 0 Å². The highest BCUT2D eigenvalue weighted by Gasteiger charge is 2.25. The molecule has 0 spiro atoms. The first-order valence-electron chi connectivity index (χ1n) is 15.9. The van der Waals surface area contributed by atoms with Gasteiger partial charge in [0.25, 0.3) is 0 Å². The quantitative estimate of drug-likeness (QED) is 0.173. The molecule has 1 N–H and O–H groups in total. The van der Waals surface area contributed by atoms with Gasteiger partial charge in [-0.1, -0.05) is 41.7 Å². The fourth-order valence-corrected chi connectivity index (χ4v) is 7.93. The van der Waals surface area contributed by atoms with Gasteiger partial charge < -0.3 is 14.5 Å². The summed E-state index contributed by atoms with van der Waals surface area (Å²) in [7, 11) is 0. The van der Waals surface area contributed by atoms with Gasteiger partial charge in [0.05, 0.1) is 22.8 Å². The molecular weight excluding hydrogens is 676 g/mol. The van der Waals surface area contributed by atoms with Crippen LogP contribution in [0.4, 0.5) is 24.7 Å². The van der Waals surface area contributed by atoms with Crippen molar-refractivity contribution < 1.29 is 13.2 Å². The second kappa shape index (κ2) is 13.9. The fraction of sp³-hybridized carbons (Fsp3) is 0.105. The van der Waals surface area contributed by atoms with Gasteiger partial charge in [0, 0.05) is 71.0 Å². The van der Waals surface area contributed by atoms with Gasteiger partial charge in [0.1, 0.15) is 17.5 Å². The van der Waals surface area contributed by atoms with E-state index < -0.39 is 5.95 Å². The highest BCUT2D eigenvalue weighted by molar-refractivity contribution is 7.99. The lowest BCUT2D eigenvalue weighted by molar-refractivity contribution is 0.584. The maximum absolute atomic E-state index is 13.5. The number of fused-ring (bicyclic) bond motifs is 2.